The van der Waals surface area contributed by atoms with Crippen LogP contribution < -0.4 is 5.46 Å². The average molecular weight is 535 g/mol. The summed E-state index contributed by atoms with van der Waals surface area (Å²) in [6.07, 6.45) is 0. The van der Waals surface area contributed by atoms with Crippen molar-refractivity contribution >= 4 is 81.7 Å². The Morgan fingerprint density at radius 3 is 1.59 bits per heavy atom. The Labute approximate surface area is 239 Å². The summed E-state index contributed by atoms with van der Waals surface area (Å²) in [6.45, 7) is 1.96. The van der Waals surface area contributed by atoms with Crippen LogP contribution in [0.25, 0.3) is 65.3 Å². The molecule has 0 spiro atoms. The van der Waals surface area contributed by atoms with Crippen molar-refractivity contribution in [2.24, 2.45) is 0 Å². The first-order valence-corrected chi connectivity index (χ1v) is 13.7. The van der Waals surface area contributed by atoms with Crippen molar-refractivity contribution in [1.29, 1.82) is 0 Å². The Hall–Kier alpha value is -3.86. The van der Waals surface area contributed by atoms with Gasteiger partial charge in [0.05, 0.1) is 0 Å². The third-order valence-corrected chi connectivity index (χ3v) is 8.93. The van der Waals surface area contributed by atoms with E-state index in [9.17, 15) is 5.11 Å². The lowest BCUT2D eigenvalue weighted by Gasteiger charge is -2.23. The maximum atomic E-state index is 10.6. The number of hydrogen-bond donors (Lipinski definition) is 3. The third-order valence-electron chi connectivity index (χ3n) is 7.92. The summed E-state index contributed by atoms with van der Waals surface area (Å²) in [7, 11) is 6.34. The number of rotatable bonds is 2. The van der Waals surface area contributed by atoms with Gasteiger partial charge in [0.25, 0.3) is 0 Å². The molecule has 7 aromatic rings. The zero-order valence-electron chi connectivity index (χ0n) is 21.2. The van der Waals surface area contributed by atoms with E-state index in [4.69, 9.17) is 20.5 Å². The zero-order valence-corrected chi connectivity index (χ0v) is 23.0. The van der Waals surface area contributed by atoms with Crippen molar-refractivity contribution in [1.82, 2.24) is 0 Å². The molecule has 1 nitrogen and oxygen atoms in total. The largest absolute Gasteiger partial charge is 0.507 e. The standard InChI is InChI=1S/C35H23BOS2/c1-19-29(35(39)32(36)33(37)34(19)38)31-26-16-8-6-14-24(26)30(25-15-7-9-17-27(25)31)28-18-20-10-2-3-11-21(20)22-12-4-5-13-23(22)28/h2-18,37-39H,1H3. The van der Waals surface area contributed by atoms with Crippen molar-refractivity contribution in [2.75, 3.05) is 0 Å². The first-order valence-electron chi connectivity index (χ1n) is 12.8. The van der Waals surface area contributed by atoms with Crippen LogP contribution in [0.5, 0.6) is 5.75 Å². The maximum absolute atomic E-state index is 10.6. The summed E-state index contributed by atoms with van der Waals surface area (Å²) >= 11 is 9.45. The van der Waals surface area contributed by atoms with E-state index >= 15 is 0 Å². The van der Waals surface area contributed by atoms with E-state index in [2.05, 4.69) is 116 Å². The topological polar surface area (TPSA) is 20.2 Å². The van der Waals surface area contributed by atoms with Crippen LogP contribution in [-0.4, -0.2) is 13.0 Å². The van der Waals surface area contributed by atoms with Crippen molar-refractivity contribution < 1.29 is 5.11 Å². The molecule has 0 atom stereocenters. The van der Waals surface area contributed by atoms with Gasteiger partial charge in [-0.25, -0.2) is 0 Å². The second-order valence-corrected chi connectivity index (χ2v) is 10.9. The number of fused-ring (bicyclic) bond motifs is 5. The summed E-state index contributed by atoms with van der Waals surface area (Å²) in [4.78, 5) is 1.03. The molecular weight excluding hydrogens is 511 g/mol. The number of phenolic OH excluding ortho intramolecular Hbond substituents is 1. The Morgan fingerprint density at radius 2 is 1.00 bits per heavy atom. The Bertz CT molecular complexity index is 2040. The van der Waals surface area contributed by atoms with Crippen LogP contribution in [0.2, 0.25) is 0 Å². The molecule has 4 heteroatoms. The molecule has 2 radical (unpaired) electrons. The van der Waals surface area contributed by atoms with Gasteiger partial charge in [-0.05, 0) is 89.4 Å². The van der Waals surface area contributed by atoms with Crippen LogP contribution in [0.3, 0.4) is 0 Å². The summed E-state index contributed by atoms with van der Waals surface area (Å²) < 4.78 is 0. The van der Waals surface area contributed by atoms with E-state index in [-0.39, 0.29) is 11.2 Å². The molecule has 7 aromatic carbocycles. The molecule has 0 aliphatic carbocycles. The van der Waals surface area contributed by atoms with E-state index in [0.717, 1.165) is 38.2 Å². The summed E-state index contributed by atoms with van der Waals surface area (Å²) in [5, 5.41) is 20.0. The average Bonchev–Trinajstić information content (AvgIpc) is 2.98. The van der Waals surface area contributed by atoms with E-state index in [1.54, 1.807) is 0 Å². The fourth-order valence-corrected chi connectivity index (χ4v) is 6.72. The van der Waals surface area contributed by atoms with Gasteiger partial charge in [-0.1, -0.05) is 97.1 Å². The Morgan fingerprint density at radius 1 is 0.538 bits per heavy atom. The highest BCUT2D eigenvalue weighted by Crippen LogP contribution is 2.49. The number of aromatic hydroxyl groups is 1. The lowest BCUT2D eigenvalue weighted by Crippen LogP contribution is -2.10. The van der Waals surface area contributed by atoms with E-state index < -0.39 is 0 Å². The second kappa shape index (κ2) is 9.12. The third kappa shape index (κ3) is 3.52. The molecule has 0 saturated heterocycles. The van der Waals surface area contributed by atoms with Crippen molar-refractivity contribution in [2.45, 2.75) is 16.7 Å². The van der Waals surface area contributed by atoms with Gasteiger partial charge in [-0.3, -0.25) is 0 Å². The molecule has 7 rings (SSSR count). The van der Waals surface area contributed by atoms with Gasteiger partial charge in [0.2, 0.25) is 0 Å². The van der Waals surface area contributed by atoms with E-state index in [1.165, 1.54) is 32.7 Å². The van der Waals surface area contributed by atoms with Crippen molar-refractivity contribution in [3.63, 3.8) is 0 Å². The van der Waals surface area contributed by atoms with Gasteiger partial charge in [-0.15, -0.1) is 25.3 Å². The van der Waals surface area contributed by atoms with E-state index in [1.807, 2.05) is 6.92 Å². The summed E-state index contributed by atoms with van der Waals surface area (Å²) in [5.41, 5.74) is 5.41. The fraction of sp³-hybridized carbons (Fsp3) is 0.0286. The van der Waals surface area contributed by atoms with Gasteiger partial charge >= 0.3 is 0 Å². The molecule has 0 saturated carbocycles. The minimum atomic E-state index is -0.0301. The minimum absolute atomic E-state index is 0.0301. The molecule has 0 amide bonds. The van der Waals surface area contributed by atoms with Crippen molar-refractivity contribution in [3.05, 3.63) is 109 Å². The molecule has 1 N–H and O–H groups in total. The Balaban J connectivity index is 1.72. The number of benzene rings is 7. The lowest BCUT2D eigenvalue weighted by atomic mass is 9.81. The van der Waals surface area contributed by atoms with Crippen molar-refractivity contribution in [3.8, 4) is 28.0 Å². The van der Waals surface area contributed by atoms with Crippen LogP contribution in [0.15, 0.2) is 113 Å². The summed E-state index contributed by atoms with van der Waals surface area (Å²) in [5.74, 6) is -0.0301. The quantitative estimate of drug-likeness (QED) is 0.0875. The molecule has 39 heavy (non-hydrogen) atoms. The highest BCUT2D eigenvalue weighted by molar-refractivity contribution is 7.81. The van der Waals surface area contributed by atoms with Crippen LogP contribution in [-0.2, 0) is 0 Å². The highest BCUT2D eigenvalue weighted by atomic mass is 32.1. The predicted molar refractivity (Wildman–Crippen MR) is 174 cm³/mol. The molecule has 0 heterocycles. The van der Waals surface area contributed by atoms with E-state index in [0.29, 0.717) is 9.79 Å². The smallest absolute Gasteiger partial charge is 0.123 e. The molecular formula is C35H23BOS2. The Kier molecular flexibility index (Phi) is 5.66. The number of thiol groups is 2. The molecule has 0 aliphatic rings. The predicted octanol–water partition coefficient (Wildman–Crippen LogP) is 9.02. The molecule has 0 unspecified atom stereocenters. The van der Waals surface area contributed by atoms with Gasteiger partial charge in [0.15, 0.2) is 0 Å². The van der Waals surface area contributed by atoms with Crippen LogP contribution in [0.4, 0.5) is 0 Å². The summed E-state index contributed by atoms with van der Waals surface area (Å²) in [6, 6.07) is 36.6. The molecule has 184 valence electrons. The maximum Gasteiger partial charge on any atom is 0.123 e. The van der Waals surface area contributed by atoms with Crippen LogP contribution >= 0.6 is 25.3 Å². The van der Waals surface area contributed by atoms with Gasteiger partial charge < -0.3 is 5.11 Å². The molecule has 0 fully saturated rings. The van der Waals surface area contributed by atoms with Gasteiger partial charge in [0.1, 0.15) is 13.6 Å². The number of phenols is 1. The molecule has 0 aromatic heterocycles. The first-order chi connectivity index (χ1) is 19.0. The zero-order chi connectivity index (χ0) is 26.8. The number of hydrogen-bond acceptors (Lipinski definition) is 3. The molecule has 0 bridgehead atoms. The molecule has 0 aliphatic heterocycles. The normalized spacial score (nSPS) is 11.7. The van der Waals surface area contributed by atoms with Crippen LogP contribution in [0, 0.1) is 6.92 Å². The van der Waals surface area contributed by atoms with Gasteiger partial charge in [-0.2, -0.15) is 0 Å². The fourth-order valence-electron chi connectivity index (χ4n) is 6.10. The second-order valence-electron chi connectivity index (χ2n) is 9.99. The highest BCUT2D eigenvalue weighted by Gasteiger charge is 2.23. The van der Waals surface area contributed by atoms with Gasteiger partial charge in [0, 0.05) is 9.79 Å². The van der Waals surface area contributed by atoms with Crippen LogP contribution in [0.1, 0.15) is 5.56 Å². The monoisotopic (exact) mass is 534 g/mol. The minimum Gasteiger partial charge on any atom is -0.507 e. The lowest BCUT2D eigenvalue weighted by molar-refractivity contribution is 0.465. The first kappa shape index (κ1) is 24.2. The SMILES string of the molecule is [B]c1c(O)c(S)c(C)c(-c2c3ccccc3c(-c3cc4ccccc4c4ccccc34)c3ccccc23)c1S.